The highest BCUT2D eigenvalue weighted by Gasteiger charge is 2.17. The topological polar surface area (TPSA) is 91.6 Å². The fourth-order valence-electron chi connectivity index (χ4n) is 3.53. The van der Waals surface area contributed by atoms with Crippen molar-refractivity contribution in [3.8, 4) is 11.5 Å². The van der Waals surface area contributed by atoms with Crippen molar-refractivity contribution in [2.45, 2.75) is 45.6 Å². The molecule has 0 aliphatic heterocycles. The molecule has 1 saturated carbocycles. The molecule has 1 aliphatic carbocycles. The summed E-state index contributed by atoms with van der Waals surface area (Å²) in [6, 6.07) is 9.80. The van der Waals surface area contributed by atoms with Crippen LogP contribution in [0.5, 0.6) is 0 Å². The van der Waals surface area contributed by atoms with Crippen LogP contribution in [0.15, 0.2) is 46.0 Å². The maximum atomic E-state index is 12.0. The van der Waals surface area contributed by atoms with Crippen molar-refractivity contribution in [1.82, 2.24) is 20.9 Å². The Labute approximate surface area is 172 Å². The summed E-state index contributed by atoms with van der Waals surface area (Å²) in [5.74, 6) is 2.02. The van der Waals surface area contributed by atoms with Gasteiger partial charge in [0.2, 0.25) is 11.8 Å². The monoisotopic (exact) mass is 397 g/mol. The summed E-state index contributed by atoms with van der Waals surface area (Å²) in [4.78, 5) is 21.0. The van der Waals surface area contributed by atoms with E-state index in [1.54, 1.807) is 6.26 Å². The van der Waals surface area contributed by atoms with Crippen molar-refractivity contribution >= 4 is 11.9 Å². The smallest absolute Gasteiger partial charge is 0.226 e. The summed E-state index contributed by atoms with van der Waals surface area (Å²) in [5, 5.41) is 9.44. The highest BCUT2D eigenvalue weighted by molar-refractivity contribution is 5.80. The molecule has 0 atom stereocenters. The van der Waals surface area contributed by atoms with E-state index < -0.39 is 0 Å². The van der Waals surface area contributed by atoms with Crippen molar-refractivity contribution in [2.24, 2.45) is 10.9 Å². The number of carbonyl (C=O) groups is 1. The number of amides is 1. The molecule has 1 heterocycles. The third kappa shape index (κ3) is 6.93. The molecule has 1 aromatic heterocycles. The van der Waals surface area contributed by atoms with Crippen LogP contribution >= 0.6 is 0 Å². The minimum absolute atomic E-state index is 0.150. The zero-order chi connectivity index (χ0) is 20.3. The Morgan fingerprint density at radius 2 is 1.90 bits per heavy atom. The average molecular weight is 398 g/mol. The number of hydrogen-bond donors (Lipinski definition) is 3. The highest BCUT2D eigenvalue weighted by Crippen LogP contribution is 2.27. The second-order valence-corrected chi connectivity index (χ2v) is 7.34. The molecular weight excluding hydrogens is 366 g/mol. The lowest BCUT2D eigenvalue weighted by Crippen LogP contribution is -2.41. The van der Waals surface area contributed by atoms with E-state index >= 15 is 0 Å². The molecule has 1 amide bonds. The molecule has 1 aromatic carbocycles. The zero-order valence-corrected chi connectivity index (χ0v) is 17.1. The van der Waals surface area contributed by atoms with Crippen LogP contribution in [-0.4, -0.2) is 36.5 Å². The second-order valence-electron chi connectivity index (χ2n) is 7.34. The molecule has 0 radical (unpaired) electrons. The molecule has 1 aliphatic rings. The Hall–Kier alpha value is -2.83. The number of hydrogen-bond acceptors (Lipinski definition) is 4. The van der Waals surface area contributed by atoms with Gasteiger partial charge in [0.25, 0.3) is 0 Å². The van der Waals surface area contributed by atoms with Gasteiger partial charge in [-0.1, -0.05) is 31.0 Å². The van der Waals surface area contributed by atoms with Gasteiger partial charge >= 0.3 is 0 Å². The number of rotatable bonds is 9. The Morgan fingerprint density at radius 3 is 2.66 bits per heavy atom. The number of guanidine groups is 1. The molecule has 3 rings (SSSR count). The first-order chi connectivity index (χ1) is 14.2. The van der Waals surface area contributed by atoms with Crippen LogP contribution < -0.4 is 16.0 Å². The van der Waals surface area contributed by atoms with Gasteiger partial charge in [0.1, 0.15) is 12.0 Å². The van der Waals surface area contributed by atoms with Crippen LogP contribution in [0.2, 0.25) is 0 Å². The van der Waals surface area contributed by atoms with Crippen molar-refractivity contribution in [3.05, 3.63) is 42.3 Å². The minimum Gasteiger partial charge on any atom is -0.444 e. The summed E-state index contributed by atoms with van der Waals surface area (Å²) in [6.07, 6.45) is 7.21. The average Bonchev–Trinajstić information content (AvgIpc) is 3.42. The van der Waals surface area contributed by atoms with E-state index in [-0.39, 0.29) is 5.91 Å². The number of nitrogens with one attached hydrogen (secondary N) is 3. The molecule has 7 nitrogen and oxygen atoms in total. The lowest BCUT2D eigenvalue weighted by atomic mass is 10.0. The molecule has 0 bridgehead atoms. The standard InChI is InChI=1S/C22H31N5O2/c1-2-23-22(25-13-12-24-20(28)14-17-8-6-7-9-17)26-15-19-16-29-21(27-19)18-10-4-3-5-11-18/h3-5,10-11,16-17H,2,6-9,12-15H2,1H3,(H,24,28)(H2,23,25,26). The third-order valence-corrected chi connectivity index (χ3v) is 5.00. The Kier molecular flexibility index (Phi) is 8.10. The number of benzene rings is 1. The van der Waals surface area contributed by atoms with Crippen molar-refractivity contribution in [2.75, 3.05) is 19.6 Å². The predicted octanol–water partition coefficient (Wildman–Crippen LogP) is 3.09. The molecule has 3 N–H and O–H groups in total. The van der Waals surface area contributed by atoms with E-state index in [4.69, 9.17) is 4.42 Å². The summed E-state index contributed by atoms with van der Waals surface area (Å²) in [5.41, 5.74) is 1.71. The van der Waals surface area contributed by atoms with Crippen molar-refractivity contribution in [1.29, 1.82) is 0 Å². The number of carbonyl (C=O) groups excluding carboxylic acids is 1. The van der Waals surface area contributed by atoms with E-state index in [9.17, 15) is 4.79 Å². The number of aliphatic imine (C=N–C) groups is 1. The second kappa shape index (κ2) is 11.2. The van der Waals surface area contributed by atoms with E-state index in [1.807, 2.05) is 37.3 Å². The normalized spacial score (nSPS) is 14.7. The van der Waals surface area contributed by atoms with E-state index in [1.165, 1.54) is 25.7 Å². The van der Waals surface area contributed by atoms with Crippen LogP contribution in [0.3, 0.4) is 0 Å². The van der Waals surface area contributed by atoms with Gasteiger partial charge in [-0.05, 0) is 37.8 Å². The maximum Gasteiger partial charge on any atom is 0.226 e. The first-order valence-corrected chi connectivity index (χ1v) is 10.5. The van der Waals surface area contributed by atoms with Gasteiger partial charge in [0.15, 0.2) is 5.96 Å². The van der Waals surface area contributed by atoms with Gasteiger partial charge in [0.05, 0.1) is 6.54 Å². The molecule has 0 spiro atoms. The van der Waals surface area contributed by atoms with E-state index in [0.717, 1.165) is 17.8 Å². The Morgan fingerprint density at radius 1 is 1.14 bits per heavy atom. The first kappa shape index (κ1) is 20.9. The quantitative estimate of drug-likeness (QED) is 0.344. The van der Waals surface area contributed by atoms with Gasteiger partial charge in [-0.15, -0.1) is 0 Å². The summed E-state index contributed by atoms with van der Waals surface area (Å²) in [6.45, 7) is 4.40. The lowest BCUT2D eigenvalue weighted by Gasteiger charge is -2.12. The minimum atomic E-state index is 0.150. The van der Waals surface area contributed by atoms with Crippen LogP contribution in [0.1, 0.15) is 44.7 Å². The Balaban J connectivity index is 1.42. The molecule has 0 saturated heterocycles. The summed E-state index contributed by atoms with van der Waals surface area (Å²) < 4.78 is 5.55. The van der Waals surface area contributed by atoms with Crippen LogP contribution in [0, 0.1) is 5.92 Å². The summed E-state index contributed by atoms with van der Waals surface area (Å²) >= 11 is 0. The van der Waals surface area contributed by atoms with Gasteiger partial charge in [-0.2, -0.15) is 0 Å². The van der Waals surface area contributed by atoms with Gasteiger partial charge in [-0.3, -0.25) is 4.79 Å². The predicted molar refractivity (Wildman–Crippen MR) is 114 cm³/mol. The van der Waals surface area contributed by atoms with Gasteiger partial charge in [-0.25, -0.2) is 9.98 Å². The zero-order valence-electron chi connectivity index (χ0n) is 17.1. The number of aromatic nitrogens is 1. The lowest BCUT2D eigenvalue weighted by molar-refractivity contribution is -0.121. The SMILES string of the molecule is CCNC(=NCc1coc(-c2ccccc2)n1)NCCNC(=O)CC1CCCC1. The van der Waals surface area contributed by atoms with E-state index in [2.05, 4.69) is 25.9 Å². The molecular formula is C22H31N5O2. The number of oxazole rings is 1. The largest absolute Gasteiger partial charge is 0.444 e. The van der Waals surface area contributed by atoms with Gasteiger partial charge < -0.3 is 20.4 Å². The van der Waals surface area contributed by atoms with Crippen molar-refractivity contribution in [3.63, 3.8) is 0 Å². The summed E-state index contributed by atoms with van der Waals surface area (Å²) in [7, 11) is 0. The molecule has 2 aromatic rings. The highest BCUT2D eigenvalue weighted by atomic mass is 16.3. The molecule has 29 heavy (non-hydrogen) atoms. The molecule has 156 valence electrons. The van der Waals surface area contributed by atoms with Crippen LogP contribution in [0.4, 0.5) is 0 Å². The van der Waals surface area contributed by atoms with Crippen LogP contribution in [0.25, 0.3) is 11.5 Å². The maximum absolute atomic E-state index is 12.0. The van der Waals surface area contributed by atoms with Crippen molar-refractivity contribution < 1.29 is 9.21 Å². The van der Waals surface area contributed by atoms with Crippen LogP contribution in [-0.2, 0) is 11.3 Å². The van der Waals surface area contributed by atoms with E-state index in [0.29, 0.717) is 43.8 Å². The Bertz CT molecular complexity index is 782. The molecule has 7 heteroatoms. The van der Waals surface area contributed by atoms with Gasteiger partial charge in [0, 0.05) is 31.6 Å². The number of nitrogens with zero attached hydrogens (tertiary/aromatic N) is 2. The fourth-order valence-corrected chi connectivity index (χ4v) is 3.53. The first-order valence-electron chi connectivity index (χ1n) is 10.5. The molecule has 0 unspecified atom stereocenters. The molecule has 1 fully saturated rings. The third-order valence-electron chi connectivity index (χ3n) is 5.00. The fraction of sp³-hybridized carbons (Fsp3) is 0.500.